The summed E-state index contributed by atoms with van der Waals surface area (Å²) in [4.78, 5) is 30.1. The third kappa shape index (κ3) is 1.98. The van der Waals surface area contributed by atoms with Crippen LogP contribution in [-0.2, 0) is 0 Å². The lowest BCUT2D eigenvalue weighted by Gasteiger charge is -2.09. The molecule has 7 heteroatoms. The number of carbonyl (C=O) groups excluding carboxylic acids is 2. The number of imide groups is 1. The lowest BCUT2D eigenvalue weighted by atomic mass is 10.1. The molecule has 5 nitrogen and oxygen atoms in total. The summed E-state index contributed by atoms with van der Waals surface area (Å²) in [5.41, 5.74) is 7.21. The molecular weight excluding hydrogens is 342 g/mol. The van der Waals surface area contributed by atoms with Crippen LogP contribution in [0, 0.1) is 0 Å². The number of hydrogen-bond donors (Lipinski definition) is 1. The Kier molecular flexibility index (Phi) is 3.19. The van der Waals surface area contributed by atoms with Crippen LogP contribution in [0.5, 0.6) is 0 Å². The molecule has 1 aromatic carbocycles. The first-order chi connectivity index (χ1) is 9.49. The first kappa shape index (κ1) is 13.4. The van der Waals surface area contributed by atoms with Crippen molar-refractivity contribution in [3.63, 3.8) is 0 Å². The van der Waals surface area contributed by atoms with Crippen LogP contribution in [0.25, 0.3) is 0 Å². The van der Waals surface area contributed by atoms with Gasteiger partial charge in [-0.25, -0.2) is 9.88 Å². The molecule has 3 rings (SSSR count). The topological polar surface area (TPSA) is 76.3 Å². The van der Waals surface area contributed by atoms with E-state index >= 15 is 0 Å². The molecule has 1 aliphatic rings. The number of thiazole rings is 1. The van der Waals surface area contributed by atoms with Gasteiger partial charge in [-0.2, -0.15) is 0 Å². The van der Waals surface area contributed by atoms with Gasteiger partial charge in [0.05, 0.1) is 16.8 Å². The third-order valence-corrected chi connectivity index (χ3v) is 4.35. The molecule has 0 spiro atoms. The van der Waals surface area contributed by atoms with Crippen molar-refractivity contribution in [2.24, 2.45) is 5.73 Å². The van der Waals surface area contributed by atoms with E-state index < -0.39 is 0 Å². The summed E-state index contributed by atoms with van der Waals surface area (Å²) in [5.74, 6) is -0.694. The maximum Gasteiger partial charge on any atom is 0.268 e. The smallest absolute Gasteiger partial charge is 0.268 e. The summed E-state index contributed by atoms with van der Waals surface area (Å²) in [7, 11) is 0. The predicted octanol–water partition coefficient (Wildman–Crippen LogP) is 2.73. The molecule has 0 saturated carbocycles. The van der Waals surface area contributed by atoms with Crippen LogP contribution in [0.2, 0.25) is 0 Å². The van der Waals surface area contributed by atoms with Crippen molar-refractivity contribution in [1.82, 2.24) is 4.98 Å². The van der Waals surface area contributed by atoms with Gasteiger partial charge in [-0.1, -0.05) is 15.9 Å². The molecule has 2 N–H and O–H groups in total. The van der Waals surface area contributed by atoms with Crippen molar-refractivity contribution in [2.75, 3.05) is 4.90 Å². The van der Waals surface area contributed by atoms with Crippen LogP contribution in [0.1, 0.15) is 39.4 Å². The lowest BCUT2D eigenvalue weighted by Crippen LogP contribution is -2.29. The average molecular weight is 352 g/mol. The normalized spacial score (nSPS) is 15.7. The Morgan fingerprint density at radius 3 is 2.65 bits per heavy atom. The molecular formula is C13H10BrN3O2S. The SMILES string of the molecule is CC(N)c1csc(N2C(=O)c3ccc(Br)cc3C2=O)n1. The summed E-state index contributed by atoms with van der Waals surface area (Å²) in [6.07, 6.45) is 0. The second kappa shape index (κ2) is 4.76. The van der Waals surface area contributed by atoms with Crippen LogP contribution in [-0.4, -0.2) is 16.8 Å². The second-order valence-corrected chi connectivity index (χ2v) is 6.23. The lowest BCUT2D eigenvalue weighted by molar-refractivity contribution is 0.0926. The molecule has 20 heavy (non-hydrogen) atoms. The number of fused-ring (bicyclic) bond motifs is 1. The Hall–Kier alpha value is -1.57. The molecule has 0 saturated heterocycles. The Morgan fingerprint density at radius 2 is 2.00 bits per heavy atom. The molecule has 2 amide bonds. The standard InChI is InChI=1S/C13H10BrN3O2S/c1-6(15)10-5-20-13(16-10)17-11(18)8-3-2-7(14)4-9(8)12(17)19/h2-6H,15H2,1H3. The molecule has 0 aliphatic carbocycles. The van der Waals surface area contributed by atoms with Gasteiger partial charge in [0.1, 0.15) is 0 Å². The molecule has 0 fully saturated rings. The highest BCUT2D eigenvalue weighted by Gasteiger charge is 2.38. The minimum Gasteiger partial charge on any atom is -0.323 e. The number of anilines is 1. The van der Waals surface area contributed by atoms with Gasteiger partial charge in [0, 0.05) is 15.9 Å². The molecule has 1 aliphatic heterocycles. The Bertz CT molecular complexity index is 726. The summed E-state index contributed by atoms with van der Waals surface area (Å²) < 4.78 is 0.759. The molecule has 1 unspecified atom stereocenters. The van der Waals surface area contributed by atoms with Crippen molar-refractivity contribution in [2.45, 2.75) is 13.0 Å². The zero-order valence-electron chi connectivity index (χ0n) is 10.5. The van der Waals surface area contributed by atoms with E-state index in [0.29, 0.717) is 22.0 Å². The van der Waals surface area contributed by atoms with Crippen LogP contribution in [0.15, 0.2) is 28.1 Å². The molecule has 102 valence electrons. The minimum absolute atomic E-state index is 0.232. The number of carbonyl (C=O) groups is 2. The van der Waals surface area contributed by atoms with Gasteiger partial charge >= 0.3 is 0 Å². The Balaban J connectivity index is 2.04. The van der Waals surface area contributed by atoms with Crippen LogP contribution in [0.3, 0.4) is 0 Å². The third-order valence-electron chi connectivity index (χ3n) is 3.02. The van der Waals surface area contributed by atoms with E-state index in [2.05, 4.69) is 20.9 Å². The molecule has 0 radical (unpaired) electrons. The number of aromatic nitrogens is 1. The number of nitrogens with zero attached hydrogens (tertiary/aromatic N) is 2. The molecule has 1 atom stereocenters. The number of hydrogen-bond acceptors (Lipinski definition) is 5. The quantitative estimate of drug-likeness (QED) is 0.844. The van der Waals surface area contributed by atoms with Gasteiger partial charge in [0.15, 0.2) is 5.13 Å². The highest BCUT2D eigenvalue weighted by Crippen LogP contribution is 2.32. The fourth-order valence-electron chi connectivity index (χ4n) is 1.97. The van der Waals surface area contributed by atoms with Gasteiger partial charge in [0.2, 0.25) is 0 Å². The zero-order valence-corrected chi connectivity index (χ0v) is 12.9. The van der Waals surface area contributed by atoms with E-state index in [-0.39, 0.29) is 17.9 Å². The maximum absolute atomic E-state index is 12.4. The van der Waals surface area contributed by atoms with E-state index in [1.807, 2.05) is 0 Å². The van der Waals surface area contributed by atoms with Crippen molar-refractivity contribution in [3.05, 3.63) is 44.9 Å². The first-order valence-electron chi connectivity index (χ1n) is 5.88. The van der Waals surface area contributed by atoms with E-state index in [9.17, 15) is 9.59 Å². The number of amides is 2. The van der Waals surface area contributed by atoms with Crippen LogP contribution >= 0.6 is 27.3 Å². The Morgan fingerprint density at radius 1 is 1.30 bits per heavy atom. The number of nitrogens with two attached hydrogens (primary N) is 1. The average Bonchev–Trinajstić information content (AvgIpc) is 2.95. The monoisotopic (exact) mass is 351 g/mol. The molecule has 0 bridgehead atoms. The van der Waals surface area contributed by atoms with Crippen LogP contribution in [0.4, 0.5) is 5.13 Å². The summed E-state index contributed by atoms with van der Waals surface area (Å²) in [6.45, 7) is 1.80. The number of halogens is 1. The van der Waals surface area contributed by atoms with Crippen molar-refractivity contribution >= 4 is 44.2 Å². The van der Waals surface area contributed by atoms with Crippen LogP contribution < -0.4 is 10.6 Å². The number of rotatable bonds is 2. The maximum atomic E-state index is 12.4. The molecule has 2 aromatic rings. The van der Waals surface area contributed by atoms with E-state index in [1.54, 1.807) is 30.5 Å². The van der Waals surface area contributed by atoms with E-state index in [0.717, 1.165) is 9.37 Å². The van der Waals surface area contributed by atoms with Crippen molar-refractivity contribution < 1.29 is 9.59 Å². The fourth-order valence-corrected chi connectivity index (χ4v) is 3.26. The van der Waals surface area contributed by atoms with E-state index in [4.69, 9.17) is 5.73 Å². The molecule has 2 heterocycles. The van der Waals surface area contributed by atoms with Gasteiger partial charge < -0.3 is 5.73 Å². The van der Waals surface area contributed by atoms with E-state index in [1.165, 1.54) is 11.3 Å². The van der Waals surface area contributed by atoms with Crippen molar-refractivity contribution in [1.29, 1.82) is 0 Å². The van der Waals surface area contributed by atoms with Gasteiger partial charge in [-0.3, -0.25) is 9.59 Å². The van der Waals surface area contributed by atoms with Gasteiger partial charge in [-0.05, 0) is 25.1 Å². The van der Waals surface area contributed by atoms with Gasteiger partial charge in [-0.15, -0.1) is 11.3 Å². The van der Waals surface area contributed by atoms with Gasteiger partial charge in [0.25, 0.3) is 11.8 Å². The largest absolute Gasteiger partial charge is 0.323 e. The minimum atomic E-state index is -0.350. The fraction of sp³-hybridized carbons (Fsp3) is 0.154. The summed E-state index contributed by atoms with van der Waals surface area (Å²) >= 11 is 4.54. The molecule has 1 aromatic heterocycles. The second-order valence-electron chi connectivity index (χ2n) is 4.48. The highest BCUT2D eigenvalue weighted by molar-refractivity contribution is 9.10. The summed E-state index contributed by atoms with van der Waals surface area (Å²) in [5, 5.41) is 2.12. The predicted molar refractivity (Wildman–Crippen MR) is 80.0 cm³/mol. The number of benzene rings is 1. The zero-order chi connectivity index (χ0) is 14.4. The Labute approximate surface area is 127 Å². The van der Waals surface area contributed by atoms with Crippen molar-refractivity contribution in [3.8, 4) is 0 Å². The highest BCUT2D eigenvalue weighted by atomic mass is 79.9. The first-order valence-corrected chi connectivity index (χ1v) is 7.55. The summed E-state index contributed by atoms with van der Waals surface area (Å²) in [6, 6.07) is 4.79.